The summed E-state index contributed by atoms with van der Waals surface area (Å²) in [6.07, 6.45) is 7.60. The second-order valence-corrected chi connectivity index (χ2v) is 8.84. The largest absolute Gasteiger partial charge is 0.337 e. The zero-order valence-electron chi connectivity index (χ0n) is 18.2. The molecule has 0 radical (unpaired) electrons. The maximum atomic E-state index is 13.3. The molecule has 0 saturated heterocycles. The number of rotatable bonds is 5. The van der Waals surface area contributed by atoms with E-state index < -0.39 is 0 Å². The van der Waals surface area contributed by atoms with Crippen LogP contribution in [0.2, 0.25) is 0 Å². The zero-order chi connectivity index (χ0) is 20.9. The van der Waals surface area contributed by atoms with E-state index in [0.29, 0.717) is 25.6 Å². The summed E-state index contributed by atoms with van der Waals surface area (Å²) in [6.45, 7) is 4.04. The van der Waals surface area contributed by atoms with Gasteiger partial charge in [-0.1, -0.05) is 31.9 Å². The van der Waals surface area contributed by atoms with Gasteiger partial charge in [-0.25, -0.2) is 14.8 Å². The van der Waals surface area contributed by atoms with Gasteiger partial charge < -0.3 is 9.55 Å². The van der Waals surface area contributed by atoms with Crippen LogP contribution in [-0.2, 0) is 6.54 Å². The number of hydrogen-bond donors (Lipinski definition) is 1. The number of para-hydroxylation sites is 2. The highest BCUT2D eigenvalue weighted by molar-refractivity contribution is 6.18. The Bertz CT molecular complexity index is 1180. The summed E-state index contributed by atoms with van der Waals surface area (Å²) >= 11 is 0. The van der Waals surface area contributed by atoms with E-state index in [9.17, 15) is 4.79 Å². The summed E-state index contributed by atoms with van der Waals surface area (Å²) in [5, 5.41) is 0. The van der Waals surface area contributed by atoms with Gasteiger partial charge >= 0.3 is 6.03 Å². The fourth-order valence-electron chi connectivity index (χ4n) is 5.22. The Morgan fingerprint density at radius 2 is 2.00 bits per heavy atom. The smallest absolute Gasteiger partial charge is 0.331 e. The average molecular weight is 454 g/mol. The fourth-order valence-corrected chi connectivity index (χ4v) is 5.22. The number of urea groups is 1. The van der Waals surface area contributed by atoms with Crippen LogP contribution in [0.25, 0.3) is 11.0 Å². The molecule has 4 heterocycles. The van der Waals surface area contributed by atoms with Crippen LogP contribution in [0.1, 0.15) is 56.5 Å². The second kappa shape index (κ2) is 8.24. The number of carbonyl (C=O) groups excluding carboxylic acids is 1. The van der Waals surface area contributed by atoms with Crippen LogP contribution in [0.5, 0.6) is 0 Å². The molecule has 0 bridgehead atoms. The monoisotopic (exact) mass is 453 g/mol. The van der Waals surface area contributed by atoms with Gasteiger partial charge in [0.25, 0.3) is 0 Å². The van der Waals surface area contributed by atoms with E-state index >= 15 is 0 Å². The van der Waals surface area contributed by atoms with Gasteiger partial charge in [-0.15, -0.1) is 12.4 Å². The number of hydrogen-bond acceptors (Lipinski definition) is 4. The molecule has 6 rings (SSSR count). The van der Waals surface area contributed by atoms with Crippen molar-refractivity contribution < 1.29 is 4.79 Å². The number of H-pyrrole nitrogens is 1. The number of amidine groups is 1. The molecular weight excluding hydrogens is 426 g/mol. The number of amides is 2. The van der Waals surface area contributed by atoms with Gasteiger partial charge in [0.15, 0.2) is 11.7 Å². The number of nitrogens with zero attached hydrogens (tertiary/aromatic N) is 6. The van der Waals surface area contributed by atoms with Gasteiger partial charge in [-0.05, 0) is 31.4 Å². The van der Waals surface area contributed by atoms with E-state index in [0.717, 1.165) is 40.6 Å². The first-order valence-corrected chi connectivity index (χ1v) is 11.4. The molecule has 3 aromatic rings. The minimum absolute atomic E-state index is 0. The van der Waals surface area contributed by atoms with E-state index in [4.69, 9.17) is 9.98 Å². The number of carbonyl (C=O) groups is 1. The Labute approximate surface area is 193 Å². The maximum absolute atomic E-state index is 13.3. The van der Waals surface area contributed by atoms with Crippen molar-refractivity contribution in [2.45, 2.75) is 57.5 Å². The molecule has 1 N–H and O–H groups in total. The molecule has 3 aliphatic rings. The highest BCUT2D eigenvalue weighted by Gasteiger charge is 2.43. The molecule has 8 nitrogen and oxygen atoms in total. The van der Waals surface area contributed by atoms with Crippen molar-refractivity contribution in [3.05, 3.63) is 42.1 Å². The second-order valence-electron chi connectivity index (χ2n) is 8.84. The SMILES string of the molecule is CCCN1C(=O)N2CC(Cn3cnc4ccccc43)N=C2c2[nH]c(C3CCCC3)nc21.Cl. The summed E-state index contributed by atoms with van der Waals surface area (Å²) in [5.41, 5.74) is 2.98. The number of aromatic nitrogens is 4. The van der Waals surface area contributed by atoms with Crippen LogP contribution in [0.3, 0.4) is 0 Å². The Kier molecular flexibility index (Phi) is 5.41. The van der Waals surface area contributed by atoms with E-state index in [1.165, 1.54) is 25.7 Å². The van der Waals surface area contributed by atoms with Crippen LogP contribution in [0.15, 0.2) is 35.6 Å². The molecule has 2 amide bonds. The molecular formula is C23H28ClN7O. The lowest BCUT2D eigenvalue weighted by molar-refractivity contribution is 0.226. The molecule has 1 aromatic carbocycles. The zero-order valence-corrected chi connectivity index (χ0v) is 19.0. The first kappa shape index (κ1) is 21.0. The fraction of sp³-hybridized carbons (Fsp3) is 0.478. The van der Waals surface area contributed by atoms with Crippen molar-refractivity contribution in [2.24, 2.45) is 4.99 Å². The van der Waals surface area contributed by atoms with Crippen molar-refractivity contribution in [3.8, 4) is 0 Å². The minimum Gasteiger partial charge on any atom is -0.337 e. The third kappa shape index (κ3) is 3.28. The number of anilines is 1. The van der Waals surface area contributed by atoms with Gasteiger partial charge in [0.1, 0.15) is 11.5 Å². The highest BCUT2D eigenvalue weighted by Crippen LogP contribution is 2.37. The predicted molar refractivity (Wildman–Crippen MR) is 127 cm³/mol. The molecule has 1 saturated carbocycles. The van der Waals surface area contributed by atoms with Gasteiger partial charge in [0.2, 0.25) is 0 Å². The number of benzene rings is 1. The Morgan fingerprint density at radius 1 is 1.19 bits per heavy atom. The Hall–Kier alpha value is -2.87. The molecule has 1 fully saturated rings. The third-order valence-corrected chi connectivity index (χ3v) is 6.72. The average Bonchev–Trinajstić information content (AvgIpc) is 3.56. The van der Waals surface area contributed by atoms with Gasteiger partial charge in [0.05, 0.1) is 29.9 Å². The Morgan fingerprint density at radius 3 is 2.81 bits per heavy atom. The van der Waals surface area contributed by atoms with Gasteiger partial charge in [-0.3, -0.25) is 14.8 Å². The lowest BCUT2D eigenvalue weighted by atomic mass is 10.1. The van der Waals surface area contributed by atoms with Gasteiger partial charge in [0, 0.05) is 19.0 Å². The topological polar surface area (TPSA) is 82.4 Å². The summed E-state index contributed by atoms with van der Waals surface area (Å²) in [5.74, 6) is 2.99. The van der Waals surface area contributed by atoms with Crippen LogP contribution < -0.4 is 4.90 Å². The number of imidazole rings is 2. The Balaban J connectivity index is 0.00000216. The van der Waals surface area contributed by atoms with E-state index in [1.54, 1.807) is 0 Å². The number of aliphatic imine (C=N–C) groups is 1. The van der Waals surface area contributed by atoms with E-state index in [1.807, 2.05) is 34.3 Å². The summed E-state index contributed by atoms with van der Waals surface area (Å²) in [7, 11) is 0. The van der Waals surface area contributed by atoms with Crippen molar-refractivity contribution in [2.75, 3.05) is 18.0 Å². The highest BCUT2D eigenvalue weighted by atomic mass is 35.5. The molecule has 32 heavy (non-hydrogen) atoms. The van der Waals surface area contributed by atoms with Crippen LogP contribution in [0.4, 0.5) is 10.6 Å². The lowest BCUT2D eigenvalue weighted by Gasteiger charge is -2.32. The number of fused-ring (bicyclic) bond motifs is 4. The predicted octanol–water partition coefficient (Wildman–Crippen LogP) is 4.32. The molecule has 1 atom stereocenters. The van der Waals surface area contributed by atoms with Gasteiger partial charge in [-0.2, -0.15) is 0 Å². The van der Waals surface area contributed by atoms with E-state index in [2.05, 4.69) is 27.5 Å². The molecule has 1 aliphatic carbocycles. The third-order valence-electron chi connectivity index (χ3n) is 6.72. The number of halogens is 1. The molecule has 1 unspecified atom stereocenters. The van der Waals surface area contributed by atoms with Crippen LogP contribution in [0, 0.1) is 0 Å². The van der Waals surface area contributed by atoms with Crippen molar-refractivity contribution in [1.82, 2.24) is 24.4 Å². The number of nitrogens with one attached hydrogen (secondary N) is 1. The lowest BCUT2D eigenvalue weighted by Crippen LogP contribution is -2.50. The molecule has 2 aromatic heterocycles. The molecule has 9 heteroatoms. The van der Waals surface area contributed by atoms with Crippen LogP contribution in [-0.4, -0.2) is 55.4 Å². The quantitative estimate of drug-likeness (QED) is 0.624. The first-order chi connectivity index (χ1) is 15.2. The summed E-state index contributed by atoms with van der Waals surface area (Å²) in [4.78, 5) is 35.0. The van der Waals surface area contributed by atoms with Crippen molar-refractivity contribution in [1.29, 1.82) is 0 Å². The molecule has 0 spiro atoms. The standard InChI is InChI=1S/C23H27N7O.ClH/c1-2-11-29-22-19(26-20(27-22)15-7-3-4-8-15)21-25-16(13-30(21)23(29)31)12-28-14-24-17-9-5-6-10-18(17)28;/h5-6,9-10,14-16H,2-4,7-8,11-13H2,1H3,(H,26,27);1H. The first-order valence-electron chi connectivity index (χ1n) is 11.4. The normalized spacial score (nSPS) is 20.5. The summed E-state index contributed by atoms with van der Waals surface area (Å²) in [6, 6.07) is 8.10. The van der Waals surface area contributed by atoms with E-state index in [-0.39, 0.29) is 24.5 Å². The summed E-state index contributed by atoms with van der Waals surface area (Å²) < 4.78 is 2.13. The number of aromatic amines is 1. The van der Waals surface area contributed by atoms with Crippen molar-refractivity contribution in [3.63, 3.8) is 0 Å². The maximum Gasteiger partial charge on any atom is 0.331 e. The molecule has 2 aliphatic heterocycles. The van der Waals surface area contributed by atoms with Crippen LogP contribution >= 0.6 is 12.4 Å². The molecule has 168 valence electrons. The minimum atomic E-state index is -0.00999. The van der Waals surface area contributed by atoms with Crippen molar-refractivity contribution >= 4 is 41.1 Å².